The molecule has 2 N–H and O–H groups in total. The molecular formula is C17H20N2O2. The zero-order valence-corrected chi connectivity index (χ0v) is 12.3. The smallest absolute Gasteiger partial charge is 0.216 e. The Morgan fingerprint density at radius 3 is 2.57 bits per heavy atom. The lowest BCUT2D eigenvalue weighted by Crippen LogP contribution is -2.29. The second-order valence-electron chi connectivity index (χ2n) is 4.78. The van der Waals surface area contributed by atoms with Gasteiger partial charge in [-0.05, 0) is 17.7 Å². The molecule has 21 heavy (non-hydrogen) atoms. The lowest BCUT2D eigenvalue weighted by molar-refractivity contribution is -0.119. The number of nitrogens with one attached hydrogen (secondary N) is 2. The SMILES string of the molecule is COc1cccc(N[C@H](CNC(C)=O)c2ccccc2)c1. The summed E-state index contributed by atoms with van der Waals surface area (Å²) in [5.41, 5.74) is 2.07. The summed E-state index contributed by atoms with van der Waals surface area (Å²) in [4.78, 5) is 11.2. The molecule has 0 aliphatic heterocycles. The van der Waals surface area contributed by atoms with E-state index in [2.05, 4.69) is 10.6 Å². The van der Waals surface area contributed by atoms with Gasteiger partial charge in [-0.3, -0.25) is 4.79 Å². The van der Waals surface area contributed by atoms with Gasteiger partial charge in [0.25, 0.3) is 0 Å². The fourth-order valence-corrected chi connectivity index (χ4v) is 2.10. The Hall–Kier alpha value is -2.49. The van der Waals surface area contributed by atoms with Crippen LogP contribution >= 0.6 is 0 Å². The number of carbonyl (C=O) groups is 1. The average Bonchev–Trinajstić information content (AvgIpc) is 2.52. The molecule has 4 nitrogen and oxygen atoms in total. The van der Waals surface area contributed by atoms with Crippen LogP contribution in [0, 0.1) is 0 Å². The molecule has 0 radical (unpaired) electrons. The van der Waals surface area contributed by atoms with Crippen molar-refractivity contribution < 1.29 is 9.53 Å². The molecule has 0 aliphatic carbocycles. The first-order valence-corrected chi connectivity index (χ1v) is 6.89. The molecule has 0 spiro atoms. The number of ether oxygens (including phenoxy) is 1. The van der Waals surface area contributed by atoms with E-state index < -0.39 is 0 Å². The van der Waals surface area contributed by atoms with Crippen LogP contribution in [0.4, 0.5) is 5.69 Å². The standard InChI is InChI=1S/C17H20N2O2/c1-13(20)18-12-17(14-7-4-3-5-8-14)19-15-9-6-10-16(11-15)21-2/h3-11,17,19H,12H2,1-2H3,(H,18,20)/t17-/m1/s1. The third-order valence-electron chi connectivity index (χ3n) is 3.17. The lowest BCUT2D eigenvalue weighted by Gasteiger charge is -2.21. The summed E-state index contributed by atoms with van der Waals surface area (Å²) in [5, 5.41) is 6.29. The van der Waals surface area contributed by atoms with Crippen LogP contribution in [0.5, 0.6) is 5.75 Å². The van der Waals surface area contributed by atoms with Crippen LogP contribution in [-0.4, -0.2) is 19.6 Å². The zero-order valence-electron chi connectivity index (χ0n) is 12.3. The first-order valence-electron chi connectivity index (χ1n) is 6.89. The summed E-state index contributed by atoms with van der Waals surface area (Å²) in [6.07, 6.45) is 0. The van der Waals surface area contributed by atoms with Gasteiger partial charge in [-0.15, -0.1) is 0 Å². The Labute approximate surface area is 125 Å². The monoisotopic (exact) mass is 284 g/mol. The second-order valence-corrected chi connectivity index (χ2v) is 4.78. The highest BCUT2D eigenvalue weighted by Gasteiger charge is 2.11. The number of rotatable bonds is 6. The zero-order chi connectivity index (χ0) is 15.1. The van der Waals surface area contributed by atoms with Crippen molar-refractivity contribution in [1.29, 1.82) is 0 Å². The van der Waals surface area contributed by atoms with Crippen LogP contribution in [0.1, 0.15) is 18.5 Å². The van der Waals surface area contributed by atoms with Gasteiger partial charge in [0.05, 0.1) is 13.2 Å². The molecule has 110 valence electrons. The van der Waals surface area contributed by atoms with Crippen molar-refractivity contribution in [2.75, 3.05) is 19.0 Å². The van der Waals surface area contributed by atoms with Crippen LogP contribution in [0.3, 0.4) is 0 Å². The fourth-order valence-electron chi connectivity index (χ4n) is 2.10. The first-order chi connectivity index (χ1) is 10.2. The van der Waals surface area contributed by atoms with Crippen molar-refractivity contribution in [3.8, 4) is 5.75 Å². The Kier molecular flexibility index (Phi) is 5.21. The highest BCUT2D eigenvalue weighted by molar-refractivity contribution is 5.73. The normalized spacial score (nSPS) is 11.5. The Morgan fingerprint density at radius 1 is 1.14 bits per heavy atom. The molecule has 0 heterocycles. The summed E-state index contributed by atoms with van der Waals surface area (Å²) in [7, 11) is 1.64. The quantitative estimate of drug-likeness (QED) is 0.857. The van der Waals surface area contributed by atoms with E-state index in [1.807, 2.05) is 54.6 Å². The van der Waals surface area contributed by atoms with Crippen LogP contribution in [0.15, 0.2) is 54.6 Å². The van der Waals surface area contributed by atoms with Crippen molar-refractivity contribution in [3.05, 3.63) is 60.2 Å². The van der Waals surface area contributed by atoms with E-state index in [1.165, 1.54) is 6.92 Å². The number of benzene rings is 2. The van der Waals surface area contributed by atoms with Crippen LogP contribution in [-0.2, 0) is 4.79 Å². The molecule has 0 saturated heterocycles. The molecular weight excluding hydrogens is 264 g/mol. The topological polar surface area (TPSA) is 50.4 Å². The van der Waals surface area contributed by atoms with Gasteiger partial charge < -0.3 is 15.4 Å². The van der Waals surface area contributed by atoms with Crippen molar-refractivity contribution in [1.82, 2.24) is 5.32 Å². The van der Waals surface area contributed by atoms with Gasteiger partial charge in [-0.1, -0.05) is 36.4 Å². The predicted octanol–water partition coefficient (Wildman–Crippen LogP) is 2.98. The van der Waals surface area contributed by atoms with E-state index in [0.29, 0.717) is 6.54 Å². The van der Waals surface area contributed by atoms with E-state index in [9.17, 15) is 4.79 Å². The minimum atomic E-state index is -0.0385. The Morgan fingerprint density at radius 2 is 1.90 bits per heavy atom. The van der Waals surface area contributed by atoms with Gasteiger partial charge in [0, 0.05) is 25.2 Å². The van der Waals surface area contributed by atoms with Gasteiger partial charge in [0.2, 0.25) is 5.91 Å². The number of methoxy groups -OCH3 is 1. The van der Waals surface area contributed by atoms with Gasteiger partial charge in [-0.2, -0.15) is 0 Å². The molecule has 0 fully saturated rings. The third kappa shape index (κ3) is 4.53. The molecule has 4 heteroatoms. The highest BCUT2D eigenvalue weighted by Crippen LogP contribution is 2.22. The minimum Gasteiger partial charge on any atom is -0.497 e. The minimum absolute atomic E-state index is 0.00204. The molecule has 2 rings (SSSR count). The van der Waals surface area contributed by atoms with Gasteiger partial charge in [-0.25, -0.2) is 0 Å². The summed E-state index contributed by atoms with van der Waals surface area (Å²) >= 11 is 0. The average molecular weight is 284 g/mol. The predicted molar refractivity (Wildman–Crippen MR) is 84.5 cm³/mol. The molecule has 2 aromatic rings. The summed E-state index contributed by atoms with van der Waals surface area (Å²) in [6, 6.07) is 17.8. The van der Waals surface area contributed by atoms with E-state index in [-0.39, 0.29) is 11.9 Å². The van der Waals surface area contributed by atoms with Crippen molar-refractivity contribution >= 4 is 11.6 Å². The lowest BCUT2D eigenvalue weighted by atomic mass is 10.1. The number of hydrogen-bond acceptors (Lipinski definition) is 3. The number of carbonyl (C=O) groups excluding carboxylic acids is 1. The van der Waals surface area contributed by atoms with Crippen molar-refractivity contribution in [2.24, 2.45) is 0 Å². The van der Waals surface area contributed by atoms with Gasteiger partial charge in [0.1, 0.15) is 5.75 Å². The molecule has 0 aromatic heterocycles. The first kappa shape index (κ1) is 14.9. The Bertz CT molecular complexity index is 584. The summed E-state index contributed by atoms with van der Waals surface area (Å²) < 4.78 is 5.23. The van der Waals surface area contributed by atoms with Crippen LogP contribution < -0.4 is 15.4 Å². The highest BCUT2D eigenvalue weighted by atomic mass is 16.5. The second kappa shape index (κ2) is 7.33. The molecule has 0 saturated carbocycles. The largest absolute Gasteiger partial charge is 0.497 e. The number of hydrogen-bond donors (Lipinski definition) is 2. The van der Waals surface area contributed by atoms with E-state index in [1.54, 1.807) is 7.11 Å². The number of anilines is 1. The van der Waals surface area contributed by atoms with Crippen molar-refractivity contribution in [3.63, 3.8) is 0 Å². The third-order valence-corrected chi connectivity index (χ3v) is 3.17. The van der Waals surface area contributed by atoms with Gasteiger partial charge in [0.15, 0.2) is 0 Å². The molecule has 1 amide bonds. The summed E-state index contributed by atoms with van der Waals surface area (Å²) in [6.45, 7) is 2.05. The maximum Gasteiger partial charge on any atom is 0.216 e. The molecule has 1 atom stereocenters. The van der Waals surface area contributed by atoms with E-state index in [4.69, 9.17) is 4.74 Å². The summed E-state index contributed by atoms with van der Waals surface area (Å²) in [5.74, 6) is 0.759. The molecule has 0 bridgehead atoms. The van der Waals surface area contributed by atoms with Crippen LogP contribution in [0.25, 0.3) is 0 Å². The van der Waals surface area contributed by atoms with Crippen molar-refractivity contribution in [2.45, 2.75) is 13.0 Å². The van der Waals surface area contributed by atoms with E-state index in [0.717, 1.165) is 17.0 Å². The van der Waals surface area contributed by atoms with Gasteiger partial charge >= 0.3 is 0 Å². The number of amides is 1. The fraction of sp³-hybridized carbons (Fsp3) is 0.235. The molecule has 2 aromatic carbocycles. The molecule has 0 aliphatic rings. The van der Waals surface area contributed by atoms with Crippen LogP contribution in [0.2, 0.25) is 0 Å². The Balaban J connectivity index is 2.16. The maximum absolute atomic E-state index is 11.2. The van der Waals surface area contributed by atoms with E-state index >= 15 is 0 Å². The molecule has 0 unspecified atom stereocenters. The maximum atomic E-state index is 11.2.